The van der Waals surface area contributed by atoms with Crippen LogP contribution in [0.5, 0.6) is 5.75 Å². The van der Waals surface area contributed by atoms with Gasteiger partial charge < -0.3 is 10.1 Å². The smallest absolute Gasteiger partial charge is 0.228 e. The molecule has 1 heterocycles. The minimum Gasteiger partial charge on any atom is -0.495 e. The zero-order valence-corrected chi connectivity index (χ0v) is 15.0. The molecular weight excluding hydrogens is 312 g/mol. The number of hydrogen-bond donors (Lipinski definition) is 1. The molecule has 4 nitrogen and oxygen atoms in total. The Morgan fingerprint density at radius 3 is 2.80 bits per heavy atom. The maximum Gasteiger partial charge on any atom is 0.228 e. The number of amides is 1. The third-order valence-corrected chi connectivity index (χ3v) is 4.74. The molecule has 0 spiro atoms. The summed E-state index contributed by atoms with van der Waals surface area (Å²) in [5.74, 6) is 0.806. The lowest BCUT2D eigenvalue weighted by molar-refractivity contribution is -0.121. The van der Waals surface area contributed by atoms with E-state index in [1.165, 1.54) is 5.56 Å². The second kappa shape index (κ2) is 8.17. The molecular formula is C21H26N2O2. The van der Waals surface area contributed by atoms with E-state index in [9.17, 15) is 4.79 Å². The Morgan fingerprint density at radius 1 is 1.24 bits per heavy atom. The van der Waals surface area contributed by atoms with Crippen LogP contribution in [-0.4, -0.2) is 31.0 Å². The van der Waals surface area contributed by atoms with Gasteiger partial charge in [0.1, 0.15) is 5.75 Å². The van der Waals surface area contributed by atoms with Gasteiger partial charge in [-0.25, -0.2) is 0 Å². The Labute approximate surface area is 149 Å². The highest BCUT2D eigenvalue weighted by Crippen LogP contribution is 2.27. The highest BCUT2D eigenvalue weighted by atomic mass is 16.5. The molecule has 2 aromatic carbocycles. The van der Waals surface area contributed by atoms with Crippen molar-refractivity contribution >= 4 is 11.6 Å². The third-order valence-electron chi connectivity index (χ3n) is 4.74. The molecule has 1 fully saturated rings. The Hall–Kier alpha value is -2.33. The van der Waals surface area contributed by atoms with E-state index in [1.807, 2.05) is 31.2 Å². The van der Waals surface area contributed by atoms with Crippen LogP contribution in [0.1, 0.15) is 24.0 Å². The van der Waals surface area contributed by atoms with E-state index in [-0.39, 0.29) is 11.8 Å². The van der Waals surface area contributed by atoms with Gasteiger partial charge in [0.2, 0.25) is 5.91 Å². The fourth-order valence-corrected chi connectivity index (χ4v) is 3.41. The van der Waals surface area contributed by atoms with Crippen LogP contribution in [0.3, 0.4) is 0 Å². The second-order valence-electron chi connectivity index (χ2n) is 6.75. The SMILES string of the molecule is COc1ccc(C)cc1NC(=O)C1CCCN(Cc2ccccc2)C1. The minimum absolute atomic E-state index is 0.0164. The summed E-state index contributed by atoms with van der Waals surface area (Å²) in [7, 11) is 1.63. The number of aryl methyl sites for hydroxylation is 1. The number of nitrogens with one attached hydrogen (secondary N) is 1. The highest BCUT2D eigenvalue weighted by molar-refractivity contribution is 5.94. The lowest BCUT2D eigenvalue weighted by Gasteiger charge is -2.32. The van der Waals surface area contributed by atoms with Gasteiger partial charge in [0.15, 0.2) is 0 Å². The van der Waals surface area contributed by atoms with Crippen LogP contribution in [0.4, 0.5) is 5.69 Å². The number of nitrogens with zero attached hydrogens (tertiary/aromatic N) is 1. The lowest BCUT2D eigenvalue weighted by atomic mass is 9.96. The number of piperidine rings is 1. The van der Waals surface area contributed by atoms with E-state index in [2.05, 4.69) is 34.5 Å². The molecule has 0 aliphatic carbocycles. The molecule has 0 bridgehead atoms. The summed E-state index contributed by atoms with van der Waals surface area (Å²) in [6.45, 7) is 4.76. The Morgan fingerprint density at radius 2 is 2.04 bits per heavy atom. The molecule has 1 aliphatic rings. The van der Waals surface area contributed by atoms with E-state index < -0.39 is 0 Å². The van der Waals surface area contributed by atoms with Crippen molar-refractivity contribution in [3.63, 3.8) is 0 Å². The molecule has 4 heteroatoms. The molecule has 1 amide bonds. The standard InChI is InChI=1S/C21H26N2O2/c1-16-10-11-20(25-2)19(13-16)22-21(24)18-9-6-12-23(15-18)14-17-7-4-3-5-8-17/h3-5,7-8,10-11,13,18H,6,9,12,14-15H2,1-2H3,(H,22,24). The summed E-state index contributed by atoms with van der Waals surface area (Å²) in [4.78, 5) is 15.1. The molecule has 0 radical (unpaired) electrons. The first-order chi connectivity index (χ1) is 12.2. The number of anilines is 1. The number of likely N-dealkylation sites (tertiary alicyclic amines) is 1. The van der Waals surface area contributed by atoms with Crippen LogP contribution in [0.2, 0.25) is 0 Å². The average molecular weight is 338 g/mol. The van der Waals surface area contributed by atoms with Crippen molar-refractivity contribution in [2.45, 2.75) is 26.3 Å². The van der Waals surface area contributed by atoms with Crippen molar-refractivity contribution in [2.24, 2.45) is 5.92 Å². The summed E-state index contributed by atoms with van der Waals surface area (Å²) in [6, 6.07) is 16.3. The van der Waals surface area contributed by atoms with E-state index in [0.717, 1.165) is 43.7 Å². The number of carbonyl (C=O) groups is 1. The molecule has 3 rings (SSSR count). The molecule has 1 aliphatic heterocycles. The predicted octanol–water partition coefficient (Wildman–Crippen LogP) is 3.85. The number of methoxy groups -OCH3 is 1. The Bertz CT molecular complexity index is 715. The van der Waals surface area contributed by atoms with E-state index in [0.29, 0.717) is 5.75 Å². The van der Waals surface area contributed by atoms with Gasteiger partial charge in [0.05, 0.1) is 18.7 Å². The predicted molar refractivity (Wildman–Crippen MR) is 101 cm³/mol. The van der Waals surface area contributed by atoms with Crippen molar-refractivity contribution in [3.05, 3.63) is 59.7 Å². The normalized spacial score (nSPS) is 17.9. The highest BCUT2D eigenvalue weighted by Gasteiger charge is 2.26. The van der Waals surface area contributed by atoms with E-state index >= 15 is 0 Å². The zero-order chi connectivity index (χ0) is 17.6. The second-order valence-corrected chi connectivity index (χ2v) is 6.75. The van der Waals surface area contributed by atoms with Crippen LogP contribution in [0.25, 0.3) is 0 Å². The third kappa shape index (κ3) is 4.60. The first-order valence-corrected chi connectivity index (χ1v) is 8.87. The van der Waals surface area contributed by atoms with Crippen molar-refractivity contribution in [1.82, 2.24) is 4.90 Å². The first-order valence-electron chi connectivity index (χ1n) is 8.87. The van der Waals surface area contributed by atoms with Crippen molar-refractivity contribution < 1.29 is 9.53 Å². The molecule has 0 saturated carbocycles. The minimum atomic E-state index is 0.0164. The van der Waals surface area contributed by atoms with Crippen LogP contribution in [0, 0.1) is 12.8 Å². The van der Waals surface area contributed by atoms with Gasteiger partial charge in [-0.1, -0.05) is 36.4 Å². The van der Waals surface area contributed by atoms with Crippen molar-refractivity contribution in [2.75, 3.05) is 25.5 Å². The van der Waals surface area contributed by atoms with Crippen LogP contribution in [-0.2, 0) is 11.3 Å². The molecule has 1 N–H and O–H groups in total. The van der Waals surface area contributed by atoms with Gasteiger partial charge in [-0.2, -0.15) is 0 Å². The number of benzene rings is 2. The maximum atomic E-state index is 12.8. The van der Waals surface area contributed by atoms with Crippen LogP contribution < -0.4 is 10.1 Å². The van der Waals surface area contributed by atoms with Gasteiger partial charge in [-0.15, -0.1) is 0 Å². The number of hydrogen-bond acceptors (Lipinski definition) is 3. The zero-order valence-electron chi connectivity index (χ0n) is 15.0. The fraction of sp³-hybridized carbons (Fsp3) is 0.381. The van der Waals surface area contributed by atoms with Crippen LogP contribution in [0.15, 0.2) is 48.5 Å². The van der Waals surface area contributed by atoms with Crippen molar-refractivity contribution in [1.29, 1.82) is 0 Å². The molecule has 1 saturated heterocycles. The molecule has 25 heavy (non-hydrogen) atoms. The Kier molecular flexibility index (Phi) is 5.71. The molecule has 1 unspecified atom stereocenters. The number of carbonyl (C=O) groups excluding carboxylic acids is 1. The Balaban J connectivity index is 1.63. The molecule has 1 atom stereocenters. The lowest BCUT2D eigenvalue weighted by Crippen LogP contribution is -2.40. The number of rotatable bonds is 5. The largest absolute Gasteiger partial charge is 0.495 e. The van der Waals surface area contributed by atoms with Gasteiger partial charge >= 0.3 is 0 Å². The molecule has 0 aromatic heterocycles. The molecule has 2 aromatic rings. The topological polar surface area (TPSA) is 41.6 Å². The van der Waals surface area contributed by atoms with Crippen molar-refractivity contribution in [3.8, 4) is 5.75 Å². The summed E-state index contributed by atoms with van der Waals surface area (Å²) in [5.41, 5.74) is 3.15. The molecule has 132 valence electrons. The van der Waals surface area contributed by atoms with Gasteiger partial charge in [0.25, 0.3) is 0 Å². The van der Waals surface area contributed by atoms with Gasteiger partial charge in [-0.05, 0) is 49.6 Å². The monoisotopic (exact) mass is 338 g/mol. The van der Waals surface area contributed by atoms with Gasteiger partial charge in [-0.3, -0.25) is 9.69 Å². The summed E-state index contributed by atoms with van der Waals surface area (Å²) in [6.07, 6.45) is 1.99. The maximum absolute atomic E-state index is 12.8. The first kappa shape index (κ1) is 17.5. The van der Waals surface area contributed by atoms with E-state index in [1.54, 1.807) is 7.11 Å². The summed E-state index contributed by atoms with van der Waals surface area (Å²) in [5, 5.41) is 3.07. The average Bonchev–Trinajstić information content (AvgIpc) is 2.63. The van der Waals surface area contributed by atoms with Crippen LogP contribution >= 0.6 is 0 Å². The quantitative estimate of drug-likeness (QED) is 0.900. The van der Waals surface area contributed by atoms with E-state index in [4.69, 9.17) is 4.74 Å². The summed E-state index contributed by atoms with van der Waals surface area (Å²) < 4.78 is 5.36. The summed E-state index contributed by atoms with van der Waals surface area (Å²) >= 11 is 0. The fourth-order valence-electron chi connectivity index (χ4n) is 3.41. The number of ether oxygens (including phenoxy) is 1. The van der Waals surface area contributed by atoms with Gasteiger partial charge in [0, 0.05) is 13.1 Å².